The molecule has 10 aromatic carbocycles. The van der Waals surface area contributed by atoms with Gasteiger partial charge in [-0.3, -0.25) is 0 Å². The molecule has 1 heterocycles. The van der Waals surface area contributed by atoms with Crippen molar-refractivity contribution in [1.82, 2.24) is 4.57 Å². The van der Waals surface area contributed by atoms with Crippen molar-refractivity contribution < 1.29 is 0 Å². The maximum atomic E-state index is 2.46. The first kappa shape index (κ1) is 33.6. The highest BCUT2D eigenvalue weighted by Crippen LogP contribution is 2.42. The Balaban J connectivity index is 0.961. The van der Waals surface area contributed by atoms with E-state index in [-0.39, 0.29) is 0 Å². The van der Waals surface area contributed by atoms with Crippen LogP contribution < -0.4 is 4.90 Å². The van der Waals surface area contributed by atoms with Crippen LogP contribution in [0, 0.1) is 0 Å². The molecule has 0 fully saturated rings. The van der Waals surface area contributed by atoms with Crippen molar-refractivity contribution >= 4 is 60.4 Å². The molecule has 11 aromatic rings. The molecule has 0 aliphatic heterocycles. The van der Waals surface area contributed by atoms with E-state index in [1.807, 2.05) is 0 Å². The Bertz CT molecular complexity index is 3200. The van der Waals surface area contributed by atoms with Crippen molar-refractivity contribution in [3.8, 4) is 39.1 Å². The quantitative estimate of drug-likeness (QED) is 0.158. The Hall–Kier alpha value is -7.68. The van der Waals surface area contributed by atoms with Crippen LogP contribution in [0.5, 0.6) is 0 Å². The van der Waals surface area contributed by atoms with E-state index in [4.69, 9.17) is 0 Å². The van der Waals surface area contributed by atoms with Gasteiger partial charge >= 0.3 is 0 Å². The van der Waals surface area contributed by atoms with E-state index in [0.717, 1.165) is 17.1 Å². The van der Waals surface area contributed by atoms with Gasteiger partial charge in [-0.2, -0.15) is 0 Å². The zero-order chi connectivity index (χ0) is 38.4. The molecule has 0 N–H and O–H groups in total. The third-order valence-electron chi connectivity index (χ3n) is 11.6. The highest BCUT2D eigenvalue weighted by molar-refractivity contribution is 6.12. The van der Waals surface area contributed by atoms with Crippen molar-refractivity contribution in [3.63, 3.8) is 0 Å². The van der Waals surface area contributed by atoms with Crippen LogP contribution in [0.15, 0.2) is 231 Å². The van der Waals surface area contributed by atoms with Gasteiger partial charge in [-0.15, -0.1) is 0 Å². The van der Waals surface area contributed by atoms with Crippen LogP contribution in [0.2, 0.25) is 0 Å². The second-order valence-electron chi connectivity index (χ2n) is 15.0. The van der Waals surface area contributed by atoms with Gasteiger partial charge in [0.2, 0.25) is 0 Å². The molecule has 0 saturated heterocycles. The van der Waals surface area contributed by atoms with Gasteiger partial charge in [-0.1, -0.05) is 176 Å². The maximum Gasteiger partial charge on any atom is 0.0618 e. The average molecular weight is 739 g/mol. The first-order valence-corrected chi connectivity index (χ1v) is 19.9. The van der Waals surface area contributed by atoms with E-state index in [1.165, 1.54) is 82.4 Å². The maximum absolute atomic E-state index is 2.46. The molecule has 2 nitrogen and oxygen atoms in total. The van der Waals surface area contributed by atoms with E-state index in [9.17, 15) is 0 Å². The lowest BCUT2D eigenvalue weighted by molar-refractivity contribution is 1.20. The summed E-state index contributed by atoms with van der Waals surface area (Å²) in [7, 11) is 0. The first-order chi connectivity index (χ1) is 28.8. The molecule has 0 aliphatic carbocycles. The highest BCUT2D eigenvalue weighted by atomic mass is 15.1. The van der Waals surface area contributed by atoms with Crippen LogP contribution in [0.25, 0.3) is 82.4 Å². The van der Waals surface area contributed by atoms with Gasteiger partial charge in [0.25, 0.3) is 0 Å². The summed E-state index contributed by atoms with van der Waals surface area (Å²) in [4.78, 5) is 2.34. The van der Waals surface area contributed by atoms with E-state index >= 15 is 0 Å². The van der Waals surface area contributed by atoms with Crippen LogP contribution in [0.1, 0.15) is 0 Å². The summed E-state index contributed by atoms with van der Waals surface area (Å²) in [5.41, 5.74) is 14.1. The number of hydrogen-bond donors (Lipinski definition) is 0. The summed E-state index contributed by atoms with van der Waals surface area (Å²) < 4.78 is 2.46. The summed E-state index contributed by atoms with van der Waals surface area (Å²) in [5, 5.41) is 7.49. The Morgan fingerprint density at radius 3 is 1.34 bits per heavy atom. The molecule has 0 aliphatic rings. The number of aromatic nitrogens is 1. The first-order valence-electron chi connectivity index (χ1n) is 19.9. The zero-order valence-electron chi connectivity index (χ0n) is 31.8. The molecule has 0 unspecified atom stereocenters. The average Bonchev–Trinajstić information content (AvgIpc) is 3.63. The summed E-state index contributed by atoms with van der Waals surface area (Å²) in [6.07, 6.45) is 0. The van der Waals surface area contributed by atoms with Crippen LogP contribution in [-0.4, -0.2) is 4.57 Å². The molecule has 0 atom stereocenters. The lowest BCUT2D eigenvalue weighted by atomic mass is 9.97. The van der Waals surface area contributed by atoms with E-state index in [1.54, 1.807) is 0 Å². The normalized spacial score (nSPS) is 11.4. The van der Waals surface area contributed by atoms with Gasteiger partial charge in [-0.25, -0.2) is 0 Å². The van der Waals surface area contributed by atoms with E-state index in [0.29, 0.717) is 0 Å². The summed E-state index contributed by atoms with van der Waals surface area (Å²) in [6.45, 7) is 0. The molecule has 272 valence electrons. The van der Waals surface area contributed by atoms with Gasteiger partial charge in [0.1, 0.15) is 0 Å². The zero-order valence-corrected chi connectivity index (χ0v) is 31.8. The van der Waals surface area contributed by atoms with Gasteiger partial charge in [-0.05, 0) is 98.6 Å². The molecule has 0 saturated carbocycles. The molecule has 0 spiro atoms. The molecule has 58 heavy (non-hydrogen) atoms. The standard InChI is InChI=1S/C56H38N2/c1-2-15-47(16-3-1)57(48-33-28-41(29-34-48)40-22-24-42(25-23-40)46-27-26-39-12-4-5-14-45(39)38-46)49-35-30-44(31-36-49)51-37-32-43-13-6-7-17-50(43)56(51)58-54-20-10-8-18-52(54)53-19-9-11-21-55(53)58/h1-38H. The SMILES string of the molecule is c1ccc(N(c2ccc(-c3ccc(-c4ccc5ccccc5c4)cc3)cc2)c2ccc(-c3ccc4ccccc4c3-n3c4ccccc4c4ccccc43)cc2)cc1. The second-order valence-corrected chi connectivity index (χ2v) is 15.0. The highest BCUT2D eigenvalue weighted by Gasteiger charge is 2.19. The minimum atomic E-state index is 1.10. The van der Waals surface area contributed by atoms with Crippen LogP contribution in [-0.2, 0) is 0 Å². The van der Waals surface area contributed by atoms with Gasteiger partial charge < -0.3 is 9.47 Å². The fourth-order valence-corrected chi connectivity index (χ4v) is 8.73. The Kier molecular flexibility index (Phi) is 8.19. The molecule has 0 amide bonds. The monoisotopic (exact) mass is 738 g/mol. The van der Waals surface area contributed by atoms with Gasteiger partial charge in [0, 0.05) is 38.8 Å². The minimum absolute atomic E-state index is 1.10. The Morgan fingerprint density at radius 1 is 0.276 bits per heavy atom. The number of nitrogens with zero attached hydrogens (tertiary/aromatic N) is 2. The number of benzene rings is 10. The molecule has 1 aromatic heterocycles. The predicted molar refractivity (Wildman–Crippen MR) is 247 cm³/mol. The molecular formula is C56H38N2. The molecular weight excluding hydrogens is 701 g/mol. The fraction of sp³-hybridized carbons (Fsp3) is 0. The third kappa shape index (κ3) is 5.82. The molecule has 0 bridgehead atoms. The van der Waals surface area contributed by atoms with Crippen LogP contribution in [0.3, 0.4) is 0 Å². The van der Waals surface area contributed by atoms with Crippen molar-refractivity contribution in [2.45, 2.75) is 0 Å². The minimum Gasteiger partial charge on any atom is -0.311 e. The lowest BCUT2D eigenvalue weighted by Crippen LogP contribution is -2.09. The Morgan fingerprint density at radius 2 is 0.707 bits per heavy atom. The number of anilines is 3. The van der Waals surface area contributed by atoms with E-state index in [2.05, 4.69) is 240 Å². The Labute approximate surface area is 338 Å². The molecule has 0 radical (unpaired) electrons. The number of hydrogen-bond acceptors (Lipinski definition) is 1. The number of rotatable bonds is 7. The third-order valence-corrected chi connectivity index (χ3v) is 11.6. The predicted octanol–water partition coefficient (Wildman–Crippen LogP) is 15.6. The second kappa shape index (κ2) is 14.1. The topological polar surface area (TPSA) is 8.17 Å². The summed E-state index contributed by atoms with van der Waals surface area (Å²) in [5.74, 6) is 0. The van der Waals surface area contributed by atoms with Gasteiger partial charge in [0.15, 0.2) is 0 Å². The van der Waals surface area contributed by atoms with Crippen molar-refractivity contribution in [2.24, 2.45) is 0 Å². The van der Waals surface area contributed by atoms with Crippen LogP contribution in [0.4, 0.5) is 17.1 Å². The van der Waals surface area contributed by atoms with E-state index < -0.39 is 0 Å². The number of para-hydroxylation sites is 3. The summed E-state index contributed by atoms with van der Waals surface area (Å²) in [6, 6.07) is 83.6. The van der Waals surface area contributed by atoms with Gasteiger partial charge in [0.05, 0.1) is 16.7 Å². The molecule has 11 rings (SSSR count). The van der Waals surface area contributed by atoms with Crippen LogP contribution >= 0.6 is 0 Å². The number of fused-ring (bicyclic) bond motifs is 5. The largest absolute Gasteiger partial charge is 0.311 e. The van der Waals surface area contributed by atoms with Crippen molar-refractivity contribution in [1.29, 1.82) is 0 Å². The fourth-order valence-electron chi connectivity index (χ4n) is 8.73. The molecule has 2 heteroatoms. The summed E-state index contributed by atoms with van der Waals surface area (Å²) >= 11 is 0. The van der Waals surface area contributed by atoms with Crippen molar-refractivity contribution in [3.05, 3.63) is 231 Å². The van der Waals surface area contributed by atoms with Crippen molar-refractivity contribution in [2.75, 3.05) is 4.90 Å². The lowest BCUT2D eigenvalue weighted by Gasteiger charge is -2.26. The smallest absolute Gasteiger partial charge is 0.0618 e.